The first-order chi connectivity index (χ1) is 16.1. The van der Waals surface area contributed by atoms with Crippen molar-refractivity contribution in [1.29, 1.82) is 0 Å². The molecule has 2 aliphatic heterocycles. The van der Waals surface area contributed by atoms with E-state index in [1.165, 1.54) is 10.6 Å². The maximum absolute atomic E-state index is 12.8. The minimum absolute atomic E-state index is 0.195. The summed E-state index contributed by atoms with van der Waals surface area (Å²) >= 11 is 0. The van der Waals surface area contributed by atoms with Crippen LogP contribution in [0.15, 0.2) is 53.6 Å². The third kappa shape index (κ3) is 4.38. The maximum Gasteiger partial charge on any atom is 0.376 e. The van der Waals surface area contributed by atoms with Crippen LogP contribution >= 0.6 is 0 Å². The molecule has 172 valence electrons. The quantitative estimate of drug-likeness (QED) is 0.431. The van der Waals surface area contributed by atoms with Crippen molar-refractivity contribution >= 4 is 23.0 Å². The molecule has 10 nitrogen and oxygen atoms in total. The lowest BCUT2D eigenvalue weighted by Gasteiger charge is -2.39. The summed E-state index contributed by atoms with van der Waals surface area (Å²) in [5.74, 6) is 1.58. The van der Waals surface area contributed by atoms with Crippen LogP contribution in [0.1, 0.15) is 12.8 Å². The van der Waals surface area contributed by atoms with E-state index in [9.17, 15) is 14.9 Å². The Balaban J connectivity index is 1.29. The monoisotopic (exact) mass is 449 g/mol. The van der Waals surface area contributed by atoms with Gasteiger partial charge in [-0.1, -0.05) is 12.1 Å². The molecule has 0 aliphatic carbocycles. The van der Waals surface area contributed by atoms with Gasteiger partial charge in [-0.05, 0) is 43.0 Å². The molecule has 0 amide bonds. The van der Waals surface area contributed by atoms with Gasteiger partial charge in [0.25, 0.3) is 0 Å². The van der Waals surface area contributed by atoms with Crippen LogP contribution in [-0.2, 0) is 0 Å². The molecule has 1 atom stereocenters. The maximum atomic E-state index is 12.8. The molecule has 0 bridgehead atoms. The molecule has 0 N–H and O–H groups in total. The Hall–Kier alpha value is -3.53. The van der Waals surface area contributed by atoms with E-state index in [0.717, 1.165) is 51.4 Å². The van der Waals surface area contributed by atoms with Crippen molar-refractivity contribution < 1.29 is 4.92 Å². The van der Waals surface area contributed by atoms with E-state index in [2.05, 4.69) is 19.8 Å². The number of nitrogens with zero attached hydrogens (tertiary/aromatic N) is 7. The lowest BCUT2D eigenvalue weighted by Crippen LogP contribution is -2.50. The molecule has 5 heterocycles. The van der Waals surface area contributed by atoms with Gasteiger partial charge >= 0.3 is 11.2 Å². The Bertz CT molecular complexity index is 1190. The highest BCUT2D eigenvalue weighted by atomic mass is 16.6. The van der Waals surface area contributed by atoms with Crippen molar-refractivity contribution in [2.75, 3.05) is 55.6 Å². The summed E-state index contributed by atoms with van der Waals surface area (Å²) in [4.78, 5) is 39.7. The van der Waals surface area contributed by atoms with Crippen molar-refractivity contribution in [2.45, 2.75) is 12.8 Å². The molecule has 0 saturated carbocycles. The number of hydrogen-bond acceptors (Lipinski definition) is 8. The summed E-state index contributed by atoms with van der Waals surface area (Å²) in [6.45, 7) is 6.05. The zero-order valence-electron chi connectivity index (χ0n) is 18.4. The van der Waals surface area contributed by atoms with Gasteiger partial charge in [-0.15, -0.1) is 0 Å². The van der Waals surface area contributed by atoms with Crippen molar-refractivity contribution in [3.8, 4) is 0 Å². The van der Waals surface area contributed by atoms with Crippen LogP contribution in [-0.4, -0.2) is 70.0 Å². The highest BCUT2D eigenvalue weighted by molar-refractivity contribution is 5.61. The van der Waals surface area contributed by atoms with Crippen LogP contribution in [0.25, 0.3) is 5.65 Å². The van der Waals surface area contributed by atoms with Crippen LogP contribution in [0.2, 0.25) is 0 Å². The summed E-state index contributed by atoms with van der Waals surface area (Å²) in [5.41, 5.74) is -0.646. The number of hydrogen-bond donors (Lipinski definition) is 0. The van der Waals surface area contributed by atoms with Gasteiger partial charge in [-0.25, -0.2) is 9.97 Å². The Morgan fingerprint density at radius 3 is 2.61 bits per heavy atom. The minimum Gasteiger partial charge on any atom is -0.354 e. The fourth-order valence-electron chi connectivity index (χ4n) is 4.92. The molecular weight excluding hydrogens is 422 g/mol. The summed E-state index contributed by atoms with van der Waals surface area (Å²) < 4.78 is 1.24. The Morgan fingerprint density at radius 1 is 1.03 bits per heavy atom. The highest BCUT2D eigenvalue weighted by Crippen LogP contribution is 2.28. The molecule has 3 aromatic rings. The largest absolute Gasteiger partial charge is 0.376 e. The zero-order valence-corrected chi connectivity index (χ0v) is 18.4. The van der Waals surface area contributed by atoms with Gasteiger partial charge in [-0.2, -0.15) is 0 Å². The summed E-state index contributed by atoms with van der Waals surface area (Å²) in [6, 6.07) is 11.1. The van der Waals surface area contributed by atoms with E-state index < -0.39 is 16.2 Å². The normalized spacial score (nSPS) is 19.7. The molecule has 2 fully saturated rings. The third-order valence-corrected chi connectivity index (χ3v) is 6.56. The molecule has 0 aromatic carbocycles. The average molecular weight is 450 g/mol. The Kier molecular flexibility index (Phi) is 5.91. The number of piperidine rings is 1. The van der Waals surface area contributed by atoms with E-state index in [-0.39, 0.29) is 5.82 Å². The number of rotatable bonds is 5. The molecular formula is C23H27N7O3. The number of piperazine rings is 1. The molecule has 3 aromatic heterocycles. The van der Waals surface area contributed by atoms with Crippen molar-refractivity contribution in [3.63, 3.8) is 0 Å². The van der Waals surface area contributed by atoms with E-state index in [1.807, 2.05) is 29.3 Å². The second-order valence-electron chi connectivity index (χ2n) is 8.70. The Morgan fingerprint density at radius 2 is 1.85 bits per heavy atom. The van der Waals surface area contributed by atoms with Crippen molar-refractivity contribution in [1.82, 2.24) is 19.3 Å². The molecule has 0 spiro atoms. The van der Waals surface area contributed by atoms with Crippen LogP contribution in [0.3, 0.4) is 0 Å². The first-order valence-electron chi connectivity index (χ1n) is 11.4. The van der Waals surface area contributed by atoms with Crippen LogP contribution < -0.4 is 15.4 Å². The summed E-state index contributed by atoms with van der Waals surface area (Å²) in [7, 11) is 0. The van der Waals surface area contributed by atoms with Crippen molar-refractivity contribution in [2.24, 2.45) is 5.92 Å². The first-order valence-corrected chi connectivity index (χ1v) is 11.4. The fraction of sp³-hybridized carbons (Fsp3) is 0.435. The number of fused-ring (bicyclic) bond motifs is 1. The number of nitro groups is 1. The van der Waals surface area contributed by atoms with Crippen LogP contribution in [0, 0.1) is 16.0 Å². The van der Waals surface area contributed by atoms with E-state index in [4.69, 9.17) is 0 Å². The van der Waals surface area contributed by atoms with Gasteiger partial charge in [0.1, 0.15) is 11.5 Å². The van der Waals surface area contributed by atoms with Gasteiger partial charge in [0.05, 0.1) is 4.92 Å². The summed E-state index contributed by atoms with van der Waals surface area (Å²) in [5, 5.41) is 11.8. The van der Waals surface area contributed by atoms with Crippen LogP contribution in [0.4, 0.5) is 17.3 Å². The molecule has 5 rings (SSSR count). The molecule has 2 aliphatic rings. The fourth-order valence-corrected chi connectivity index (χ4v) is 4.92. The molecule has 10 heteroatoms. The highest BCUT2D eigenvalue weighted by Gasteiger charge is 2.32. The Labute approximate surface area is 191 Å². The van der Waals surface area contributed by atoms with E-state index >= 15 is 0 Å². The minimum atomic E-state index is -0.631. The van der Waals surface area contributed by atoms with Gasteiger partial charge < -0.3 is 9.80 Å². The standard InChI is InChI=1S/C23H27N7O3/c31-23-21(30(32)33)22(25-20-8-2-4-11-29(20)23)28-10-5-6-18(17-28)16-26-12-14-27(15-13-26)19-7-1-3-9-24-19/h1-4,7-9,11,18H,5-6,10,12-17H2. The third-order valence-electron chi connectivity index (χ3n) is 6.56. The van der Waals surface area contributed by atoms with Gasteiger partial charge in [0.2, 0.25) is 5.82 Å². The second kappa shape index (κ2) is 9.14. The number of aromatic nitrogens is 3. The van der Waals surface area contributed by atoms with E-state index in [0.29, 0.717) is 24.7 Å². The van der Waals surface area contributed by atoms with Crippen LogP contribution in [0.5, 0.6) is 0 Å². The molecule has 33 heavy (non-hydrogen) atoms. The van der Waals surface area contributed by atoms with Gasteiger partial charge in [0, 0.05) is 58.2 Å². The average Bonchev–Trinajstić information content (AvgIpc) is 2.85. The number of anilines is 2. The SMILES string of the molecule is O=c1c([N+](=O)[O-])c(N2CCCC(CN3CCN(c4ccccn4)CC3)C2)nc2ccccn12. The molecule has 1 unspecified atom stereocenters. The topological polar surface area (TPSA) is 100 Å². The smallest absolute Gasteiger partial charge is 0.354 e. The molecule has 0 radical (unpaired) electrons. The summed E-state index contributed by atoms with van der Waals surface area (Å²) in [6.07, 6.45) is 5.33. The predicted molar refractivity (Wildman–Crippen MR) is 126 cm³/mol. The van der Waals surface area contributed by atoms with Gasteiger partial charge in [0.15, 0.2) is 0 Å². The molecule has 2 saturated heterocycles. The lowest BCUT2D eigenvalue weighted by molar-refractivity contribution is -0.385. The number of pyridine rings is 2. The van der Waals surface area contributed by atoms with E-state index in [1.54, 1.807) is 18.2 Å². The van der Waals surface area contributed by atoms with Crippen molar-refractivity contribution in [3.05, 3.63) is 69.3 Å². The first kappa shape index (κ1) is 21.3. The lowest BCUT2D eigenvalue weighted by atomic mass is 9.97. The zero-order chi connectivity index (χ0) is 22.8. The second-order valence-corrected chi connectivity index (χ2v) is 8.70. The predicted octanol–water partition coefficient (Wildman–Crippen LogP) is 2.04. The van der Waals surface area contributed by atoms with Gasteiger partial charge in [-0.3, -0.25) is 24.2 Å².